The summed E-state index contributed by atoms with van der Waals surface area (Å²) in [6.45, 7) is 6.65. The Labute approximate surface area is 163 Å². The van der Waals surface area contributed by atoms with Crippen molar-refractivity contribution in [3.05, 3.63) is 71.3 Å². The Morgan fingerprint density at radius 3 is 2.00 bits per heavy atom. The first-order valence-electron chi connectivity index (χ1n) is 9.53. The van der Waals surface area contributed by atoms with E-state index in [0.717, 1.165) is 44.8 Å². The average molecular weight is 366 g/mol. The highest BCUT2D eigenvalue weighted by atomic mass is 14.8. The summed E-state index contributed by atoms with van der Waals surface area (Å²) in [4.78, 5) is 16.6. The summed E-state index contributed by atoms with van der Waals surface area (Å²) in [7, 11) is 0. The fourth-order valence-electron chi connectivity index (χ4n) is 3.58. The van der Waals surface area contributed by atoms with Crippen LogP contribution in [0.25, 0.3) is 45.9 Å². The number of H-pyrrole nitrogens is 2. The molecule has 138 valence electrons. The van der Waals surface area contributed by atoms with E-state index in [1.807, 2.05) is 18.2 Å². The predicted molar refractivity (Wildman–Crippen MR) is 117 cm³/mol. The van der Waals surface area contributed by atoms with Gasteiger partial charge in [0.1, 0.15) is 0 Å². The molecule has 0 fully saturated rings. The van der Waals surface area contributed by atoms with Gasteiger partial charge >= 0.3 is 0 Å². The predicted octanol–water partition coefficient (Wildman–Crippen LogP) is 6.07. The largest absolute Gasteiger partial charge is 0.354 e. The molecule has 0 amide bonds. The minimum atomic E-state index is 0.00438. The van der Waals surface area contributed by atoms with Crippen LogP contribution in [0.3, 0.4) is 0 Å². The lowest BCUT2D eigenvalue weighted by atomic mass is 9.85. The lowest BCUT2D eigenvalue weighted by Gasteiger charge is -2.19. The molecule has 0 aromatic carbocycles. The van der Waals surface area contributed by atoms with Crippen molar-refractivity contribution in [2.45, 2.75) is 20.8 Å². The minimum absolute atomic E-state index is 0.00438. The van der Waals surface area contributed by atoms with Crippen LogP contribution in [0.2, 0.25) is 0 Å². The molecule has 0 saturated carbocycles. The van der Waals surface area contributed by atoms with Crippen LogP contribution in [-0.2, 0) is 0 Å². The van der Waals surface area contributed by atoms with Crippen LogP contribution in [-0.4, -0.2) is 19.9 Å². The molecule has 5 rings (SSSR count). The third kappa shape index (κ3) is 2.97. The number of aromatic amines is 2. The van der Waals surface area contributed by atoms with Gasteiger partial charge in [0.15, 0.2) is 0 Å². The normalized spacial score (nSPS) is 13.6. The van der Waals surface area contributed by atoms with Crippen LogP contribution >= 0.6 is 0 Å². The van der Waals surface area contributed by atoms with Crippen LogP contribution in [0.5, 0.6) is 0 Å². The zero-order chi connectivity index (χ0) is 19.3. The molecule has 2 aliphatic rings. The van der Waals surface area contributed by atoms with Gasteiger partial charge in [-0.15, -0.1) is 0 Å². The van der Waals surface area contributed by atoms with Crippen molar-refractivity contribution in [2.24, 2.45) is 5.41 Å². The summed E-state index contributed by atoms with van der Waals surface area (Å²) in [6.07, 6.45) is 6.24. The number of rotatable bonds is 0. The molecule has 0 unspecified atom stereocenters. The smallest absolute Gasteiger partial charge is 0.0897 e. The van der Waals surface area contributed by atoms with Gasteiger partial charge in [-0.2, -0.15) is 0 Å². The highest BCUT2D eigenvalue weighted by Gasteiger charge is 2.24. The molecule has 4 nitrogen and oxygen atoms in total. The van der Waals surface area contributed by atoms with Crippen LogP contribution in [0.1, 0.15) is 43.5 Å². The highest BCUT2D eigenvalue weighted by molar-refractivity contribution is 5.89. The molecule has 8 bridgehead atoms. The highest BCUT2D eigenvalue weighted by Crippen LogP contribution is 2.37. The van der Waals surface area contributed by atoms with Crippen LogP contribution in [0, 0.1) is 5.41 Å². The maximum absolute atomic E-state index is 4.90. The summed E-state index contributed by atoms with van der Waals surface area (Å²) >= 11 is 0. The van der Waals surface area contributed by atoms with Crippen LogP contribution in [0.4, 0.5) is 0 Å². The molecule has 4 heteroatoms. The van der Waals surface area contributed by atoms with E-state index in [4.69, 9.17) is 9.97 Å². The Kier molecular flexibility index (Phi) is 3.63. The quantitative estimate of drug-likeness (QED) is 0.397. The lowest BCUT2D eigenvalue weighted by Crippen LogP contribution is -2.06. The van der Waals surface area contributed by atoms with Crippen molar-refractivity contribution in [2.75, 3.05) is 0 Å². The third-order valence-corrected chi connectivity index (χ3v) is 5.09. The fraction of sp³-hybridized carbons (Fsp3) is 0.167. The van der Waals surface area contributed by atoms with Crippen molar-refractivity contribution < 1.29 is 0 Å². The fourth-order valence-corrected chi connectivity index (χ4v) is 3.58. The topological polar surface area (TPSA) is 57.4 Å². The molecule has 0 atom stereocenters. The number of nitrogens with zero attached hydrogens (tertiary/aromatic N) is 2. The second-order valence-electron chi connectivity index (χ2n) is 8.27. The minimum Gasteiger partial charge on any atom is -0.354 e. The first kappa shape index (κ1) is 16.8. The van der Waals surface area contributed by atoms with Gasteiger partial charge in [0.05, 0.1) is 33.8 Å². The Bertz CT molecular complexity index is 1290. The number of hydrogen-bond acceptors (Lipinski definition) is 2. The van der Waals surface area contributed by atoms with Crippen molar-refractivity contribution in [3.63, 3.8) is 0 Å². The van der Waals surface area contributed by atoms with Crippen LogP contribution in [0.15, 0.2) is 48.5 Å². The van der Waals surface area contributed by atoms with E-state index in [1.165, 1.54) is 5.57 Å². The van der Waals surface area contributed by atoms with Gasteiger partial charge in [0.2, 0.25) is 0 Å². The van der Waals surface area contributed by atoms with Gasteiger partial charge in [-0.05, 0) is 77.7 Å². The summed E-state index contributed by atoms with van der Waals surface area (Å²) in [5, 5.41) is 0. The number of aromatic nitrogens is 4. The maximum Gasteiger partial charge on any atom is 0.0897 e. The van der Waals surface area contributed by atoms with Crippen molar-refractivity contribution >= 4 is 45.9 Å². The second-order valence-corrected chi connectivity index (χ2v) is 8.27. The van der Waals surface area contributed by atoms with Crippen molar-refractivity contribution in [1.29, 1.82) is 0 Å². The molecule has 0 radical (unpaired) electrons. The van der Waals surface area contributed by atoms with E-state index in [9.17, 15) is 0 Å². The third-order valence-electron chi connectivity index (χ3n) is 5.09. The molecular weight excluding hydrogens is 344 g/mol. The number of fused-ring (bicyclic) bond motifs is 10. The molecule has 3 aromatic rings. The second kappa shape index (κ2) is 6.06. The summed E-state index contributed by atoms with van der Waals surface area (Å²) < 4.78 is 0. The van der Waals surface area contributed by atoms with Gasteiger partial charge in [-0.1, -0.05) is 20.8 Å². The zero-order valence-electron chi connectivity index (χ0n) is 16.2. The first-order valence-corrected chi connectivity index (χ1v) is 9.53. The maximum atomic E-state index is 4.90. The van der Waals surface area contributed by atoms with E-state index in [1.54, 1.807) is 0 Å². The first-order chi connectivity index (χ1) is 13.5. The molecule has 0 saturated heterocycles. The van der Waals surface area contributed by atoms with Crippen LogP contribution < -0.4 is 0 Å². The van der Waals surface area contributed by atoms with Gasteiger partial charge in [-0.25, -0.2) is 9.97 Å². The molecule has 5 heterocycles. The molecule has 3 aromatic heterocycles. The zero-order valence-corrected chi connectivity index (χ0v) is 16.2. The van der Waals surface area contributed by atoms with E-state index in [2.05, 4.69) is 79.3 Å². The van der Waals surface area contributed by atoms with Gasteiger partial charge in [0, 0.05) is 11.0 Å². The molecule has 28 heavy (non-hydrogen) atoms. The van der Waals surface area contributed by atoms with Crippen molar-refractivity contribution in [3.8, 4) is 0 Å². The Balaban J connectivity index is 1.84. The lowest BCUT2D eigenvalue weighted by molar-refractivity contribution is 0.568. The molecule has 0 spiro atoms. The molecule has 2 aliphatic heterocycles. The molecule has 0 aliphatic carbocycles. The van der Waals surface area contributed by atoms with E-state index in [-0.39, 0.29) is 5.41 Å². The number of nitrogens with one attached hydrogen (secondary N) is 2. The Hall–Kier alpha value is -3.40. The summed E-state index contributed by atoms with van der Waals surface area (Å²) in [5.74, 6) is 0. The monoisotopic (exact) mass is 366 g/mol. The Morgan fingerprint density at radius 1 is 0.679 bits per heavy atom. The van der Waals surface area contributed by atoms with E-state index < -0.39 is 0 Å². The van der Waals surface area contributed by atoms with Gasteiger partial charge in [0.25, 0.3) is 0 Å². The number of hydrogen-bond donors (Lipinski definition) is 2. The van der Waals surface area contributed by atoms with E-state index in [0.29, 0.717) is 0 Å². The van der Waals surface area contributed by atoms with Gasteiger partial charge in [-0.3, -0.25) is 0 Å². The Morgan fingerprint density at radius 2 is 1.32 bits per heavy atom. The SMILES string of the molecule is CC(C)(C)C1=Cc2nc1ccc1ccc([nH]1)c1ccc(ccc3nc2C=C3)[nH]1. The summed E-state index contributed by atoms with van der Waals surface area (Å²) in [5.41, 5.74) is 9.20. The molecular formula is C24H22N4. The van der Waals surface area contributed by atoms with Gasteiger partial charge < -0.3 is 9.97 Å². The molecule has 2 N–H and O–H groups in total. The van der Waals surface area contributed by atoms with E-state index >= 15 is 0 Å². The average Bonchev–Trinajstić information content (AvgIpc) is 3.42. The van der Waals surface area contributed by atoms with Crippen molar-refractivity contribution in [1.82, 2.24) is 19.9 Å². The number of allylic oxidation sites excluding steroid dienone is 1. The summed E-state index contributed by atoms with van der Waals surface area (Å²) in [6, 6.07) is 16.6. The standard InChI is InChI=1S/C24H22N4/c1-24(2,3)18-14-23-22-13-9-16(27-22)5-4-15-7-11-20(25-15)21-12-8-17(26-21)6-10-19(18)28-23/h4-14,25-26H,1-3H3.